The Bertz CT molecular complexity index is 1110. The van der Waals surface area contributed by atoms with Crippen LogP contribution in [0.5, 0.6) is 0 Å². The summed E-state index contributed by atoms with van der Waals surface area (Å²) in [7, 11) is 0. The molecule has 1 aromatic heterocycles. The Kier molecular flexibility index (Phi) is 6.70. The Morgan fingerprint density at radius 3 is 2.44 bits per heavy atom. The summed E-state index contributed by atoms with van der Waals surface area (Å²) in [6.07, 6.45) is 7.91. The predicted octanol–water partition coefficient (Wildman–Crippen LogP) is 5.74. The largest absolute Gasteiger partial charge is 0.481 e. The van der Waals surface area contributed by atoms with Gasteiger partial charge in [0.1, 0.15) is 0 Å². The van der Waals surface area contributed by atoms with E-state index in [0.29, 0.717) is 24.8 Å². The second-order valence-corrected chi connectivity index (χ2v) is 10.2. The number of carboxylic acid groups (broad SMARTS) is 1. The molecule has 7 heteroatoms. The molecule has 2 fully saturated rings. The molecule has 2 aromatic carbocycles. The van der Waals surface area contributed by atoms with Gasteiger partial charge < -0.3 is 9.63 Å². The first-order valence-electron chi connectivity index (χ1n) is 12.1. The summed E-state index contributed by atoms with van der Waals surface area (Å²) < 4.78 is 5.62. The van der Waals surface area contributed by atoms with Gasteiger partial charge in [0.15, 0.2) is 0 Å². The number of rotatable bonds is 8. The highest BCUT2D eigenvalue weighted by Crippen LogP contribution is 2.43. The molecule has 6 nitrogen and oxygen atoms in total. The summed E-state index contributed by atoms with van der Waals surface area (Å²) in [6.45, 7) is 1.99. The molecule has 1 saturated heterocycles. The van der Waals surface area contributed by atoms with Gasteiger partial charge in [0.25, 0.3) is 0 Å². The highest BCUT2D eigenvalue weighted by atomic mass is 35.5. The maximum Gasteiger partial charge on any atom is 0.309 e. The third-order valence-electron chi connectivity index (χ3n) is 7.48. The predicted molar refractivity (Wildman–Crippen MR) is 131 cm³/mol. The van der Waals surface area contributed by atoms with Crippen molar-refractivity contribution in [3.63, 3.8) is 0 Å². The standard InChI is InChI=1S/C27H30ClN3O3/c28-23-10-8-22(9-11-23)27(13-2-1-3-14-27)15-12-24-29-25(30-34-24)20-6-4-19(5-7-20)16-31-17-21(18-31)26(32)33/h4-11,21H,1-3,12-18H2,(H,32,33). The van der Waals surface area contributed by atoms with Gasteiger partial charge in [0, 0.05) is 36.6 Å². The monoisotopic (exact) mass is 479 g/mol. The molecule has 0 radical (unpaired) electrons. The summed E-state index contributed by atoms with van der Waals surface area (Å²) in [6, 6.07) is 16.5. The highest BCUT2D eigenvalue weighted by molar-refractivity contribution is 6.30. The Hall–Kier alpha value is -2.70. The molecule has 3 aromatic rings. The first kappa shape index (κ1) is 23.1. The van der Waals surface area contributed by atoms with Gasteiger partial charge in [0.2, 0.25) is 11.7 Å². The van der Waals surface area contributed by atoms with Crippen LogP contribution in [-0.2, 0) is 23.2 Å². The van der Waals surface area contributed by atoms with E-state index in [1.807, 2.05) is 24.3 Å². The van der Waals surface area contributed by atoms with E-state index in [1.165, 1.54) is 37.7 Å². The lowest BCUT2D eigenvalue weighted by Gasteiger charge is -2.38. The highest BCUT2D eigenvalue weighted by Gasteiger charge is 2.34. The second kappa shape index (κ2) is 9.88. The van der Waals surface area contributed by atoms with E-state index in [1.54, 1.807) is 0 Å². The van der Waals surface area contributed by atoms with Crippen LogP contribution in [0.15, 0.2) is 53.1 Å². The smallest absolute Gasteiger partial charge is 0.309 e. The summed E-state index contributed by atoms with van der Waals surface area (Å²) in [5.74, 6) is 0.352. The Morgan fingerprint density at radius 1 is 1.06 bits per heavy atom. The van der Waals surface area contributed by atoms with E-state index >= 15 is 0 Å². The number of carbonyl (C=O) groups is 1. The van der Waals surface area contributed by atoms with E-state index in [2.05, 4.69) is 39.3 Å². The topological polar surface area (TPSA) is 79.5 Å². The number of likely N-dealkylation sites (tertiary alicyclic amines) is 1. The number of hydrogen-bond donors (Lipinski definition) is 1. The zero-order chi connectivity index (χ0) is 23.5. The van der Waals surface area contributed by atoms with E-state index in [-0.39, 0.29) is 11.3 Å². The second-order valence-electron chi connectivity index (χ2n) is 9.79. The van der Waals surface area contributed by atoms with Crippen molar-refractivity contribution in [3.05, 3.63) is 70.6 Å². The lowest BCUT2D eigenvalue weighted by Crippen LogP contribution is -2.49. The zero-order valence-corrected chi connectivity index (χ0v) is 20.0. The Balaban J connectivity index is 1.21. The average Bonchev–Trinajstić information content (AvgIpc) is 3.30. The molecule has 0 amide bonds. The molecule has 2 heterocycles. The van der Waals surface area contributed by atoms with Crippen molar-refractivity contribution in [1.29, 1.82) is 0 Å². The molecular formula is C27H30ClN3O3. The van der Waals surface area contributed by atoms with E-state index in [4.69, 9.17) is 21.2 Å². The van der Waals surface area contributed by atoms with Crippen LogP contribution >= 0.6 is 11.6 Å². The fourth-order valence-corrected chi connectivity index (χ4v) is 5.53. The summed E-state index contributed by atoms with van der Waals surface area (Å²) in [5, 5.41) is 14.0. The summed E-state index contributed by atoms with van der Waals surface area (Å²) >= 11 is 6.13. The zero-order valence-electron chi connectivity index (χ0n) is 19.3. The van der Waals surface area contributed by atoms with Crippen LogP contribution in [-0.4, -0.2) is 39.2 Å². The first-order valence-corrected chi connectivity index (χ1v) is 12.5. The minimum absolute atomic E-state index is 0.148. The fourth-order valence-electron chi connectivity index (χ4n) is 5.41. The molecule has 34 heavy (non-hydrogen) atoms. The molecule has 1 saturated carbocycles. The molecule has 178 valence electrons. The summed E-state index contributed by atoms with van der Waals surface area (Å²) in [5.41, 5.74) is 3.59. The fraction of sp³-hybridized carbons (Fsp3) is 0.444. The minimum atomic E-state index is -0.706. The lowest BCUT2D eigenvalue weighted by molar-refractivity contribution is -0.147. The average molecular weight is 480 g/mol. The SMILES string of the molecule is O=C(O)C1CN(Cc2ccc(-c3noc(CCC4(c5ccc(Cl)cc5)CCCCC4)n3)cc2)C1. The number of benzene rings is 2. The van der Waals surface area contributed by atoms with Crippen LogP contribution in [0.2, 0.25) is 5.02 Å². The number of nitrogens with zero attached hydrogens (tertiary/aromatic N) is 3. The maximum atomic E-state index is 11.0. The number of aryl methyl sites for hydroxylation is 1. The number of aliphatic carboxylic acids is 1. The van der Waals surface area contributed by atoms with Crippen molar-refractivity contribution in [2.45, 2.75) is 56.9 Å². The molecule has 0 spiro atoms. The van der Waals surface area contributed by atoms with Crippen molar-refractivity contribution in [2.24, 2.45) is 5.92 Å². The molecule has 1 aliphatic heterocycles. The number of halogens is 1. The third-order valence-corrected chi connectivity index (χ3v) is 7.73. The molecule has 5 rings (SSSR count). The van der Waals surface area contributed by atoms with E-state index in [0.717, 1.165) is 35.5 Å². The van der Waals surface area contributed by atoms with Crippen molar-refractivity contribution in [3.8, 4) is 11.4 Å². The van der Waals surface area contributed by atoms with Gasteiger partial charge in [-0.05, 0) is 47.9 Å². The molecule has 0 unspecified atom stereocenters. The number of carboxylic acids is 1. The van der Waals surface area contributed by atoms with Crippen molar-refractivity contribution in [2.75, 3.05) is 13.1 Å². The third kappa shape index (κ3) is 5.03. The van der Waals surface area contributed by atoms with Crippen LogP contribution < -0.4 is 0 Å². The molecule has 1 aliphatic carbocycles. The molecule has 0 bridgehead atoms. The number of aromatic nitrogens is 2. The van der Waals surface area contributed by atoms with Crippen LogP contribution in [0.1, 0.15) is 55.5 Å². The molecule has 2 aliphatic rings. The van der Waals surface area contributed by atoms with Crippen LogP contribution in [0, 0.1) is 5.92 Å². The van der Waals surface area contributed by atoms with Gasteiger partial charge in [0.05, 0.1) is 5.92 Å². The van der Waals surface area contributed by atoms with Gasteiger partial charge in [-0.2, -0.15) is 4.98 Å². The van der Waals surface area contributed by atoms with Crippen LogP contribution in [0.25, 0.3) is 11.4 Å². The summed E-state index contributed by atoms with van der Waals surface area (Å²) in [4.78, 5) is 17.8. The van der Waals surface area contributed by atoms with E-state index < -0.39 is 5.97 Å². The van der Waals surface area contributed by atoms with Crippen molar-refractivity contribution in [1.82, 2.24) is 15.0 Å². The van der Waals surface area contributed by atoms with Crippen molar-refractivity contribution >= 4 is 17.6 Å². The van der Waals surface area contributed by atoms with Gasteiger partial charge in [-0.15, -0.1) is 0 Å². The molecule has 1 N–H and O–H groups in total. The van der Waals surface area contributed by atoms with Gasteiger partial charge >= 0.3 is 5.97 Å². The normalized spacial score (nSPS) is 18.5. The number of hydrogen-bond acceptors (Lipinski definition) is 5. The minimum Gasteiger partial charge on any atom is -0.481 e. The van der Waals surface area contributed by atoms with Crippen LogP contribution in [0.3, 0.4) is 0 Å². The Labute approximate surface area is 204 Å². The maximum absolute atomic E-state index is 11.0. The molecular weight excluding hydrogens is 450 g/mol. The molecule has 0 atom stereocenters. The first-order chi connectivity index (χ1) is 16.5. The Morgan fingerprint density at radius 2 is 1.76 bits per heavy atom. The quantitative estimate of drug-likeness (QED) is 0.443. The van der Waals surface area contributed by atoms with Gasteiger partial charge in [-0.1, -0.05) is 72.4 Å². The van der Waals surface area contributed by atoms with Gasteiger partial charge in [-0.25, -0.2) is 0 Å². The van der Waals surface area contributed by atoms with Crippen LogP contribution in [0.4, 0.5) is 0 Å². The van der Waals surface area contributed by atoms with E-state index in [9.17, 15) is 4.79 Å². The van der Waals surface area contributed by atoms with Crippen molar-refractivity contribution < 1.29 is 14.4 Å². The lowest BCUT2D eigenvalue weighted by atomic mass is 9.67. The van der Waals surface area contributed by atoms with Gasteiger partial charge in [-0.3, -0.25) is 9.69 Å².